The summed E-state index contributed by atoms with van der Waals surface area (Å²) in [6, 6.07) is 30.0. The molecule has 256 valence electrons. The van der Waals surface area contributed by atoms with Crippen LogP contribution in [0.15, 0.2) is 91.0 Å². The highest BCUT2D eigenvalue weighted by Crippen LogP contribution is 2.32. The Morgan fingerprint density at radius 1 is 0.511 bits per heavy atom. The lowest BCUT2D eigenvalue weighted by molar-refractivity contribution is -0.333. The normalized spacial score (nSPS) is 29.5. The van der Waals surface area contributed by atoms with Crippen LogP contribution in [-0.4, -0.2) is 97.0 Å². The third kappa shape index (κ3) is 9.90. The third-order valence-corrected chi connectivity index (χ3v) is 8.52. The summed E-state index contributed by atoms with van der Waals surface area (Å²) in [6.45, 7) is 1.53. The lowest BCUT2D eigenvalue weighted by Crippen LogP contribution is -2.62. The molecule has 0 radical (unpaired) electrons. The van der Waals surface area contributed by atoms with E-state index in [1.165, 1.54) is 0 Å². The monoisotopic (exact) mass is 652 g/mol. The molecule has 3 aromatic carbocycles. The highest BCUT2D eigenvalue weighted by molar-refractivity contribution is 5.15. The molecule has 3 aromatic rings. The SMILES string of the molecule is COC[C@H]1O[C@H](OC[C@H]2O[C@H](OC)[C@H](OCc3ccccc3)[C@@H](OCc3ccccc3)[C@@H]2OCc2ccccc2)C[C@@H](OC)[C@@H]1OC. The Bertz CT molecular complexity index is 1270. The molecule has 0 aliphatic carbocycles. The molecule has 0 spiro atoms. The van der Waals surface area contributed by atoms with Crippen LogP contribution in [-0.2, 0) is 67.2 Å². The van der Waals surface area contributed by atoms with Gasteiger partial charge < -0.3 is 47.4 Å². The predicted molar refractivity (Wildman–Crippen MR) is 173 cm³/mol. The highest BCUT2D eigenvalue weighted by Gasteiger charge is 2.49. The van der Waals surface area contributed by atoms with E-state index in [-0.39, 0.29) is 24.9 Å². The Labute approximate surface area is 278 Å². The second kappa shape index (κ2) is 18.7. The topological polar surface area (TPSA) is 92.3 Å². The van der Waals surface area contributed by atoms with E-state index in [0.717, 1.165) is 16.7 Å². The minimum atomic E-state index is -0.747. The first-order valence-electron chi connectivity index (χ1n) is 16.1. The van der Waals surface area contributed by atoms with Crippen LogP contribution in [0, 0.1) is 0 Å². The molecule has 2 aliphatic heterocycles. The summed E-state index contributed by atoms with van der Waals surface area (Å²) in [5.41, 5.74) is 3.08. The van der Waals surface area contributed by atoms with Crippen LogP contribution in [0.25, 0.3) is 0 Å². The van der Waals surface area contributed by atoms with Gasteiger partial charge in [-0.15, -0.1) is 0 Å². The Morgan fingerprint density at radius 2 is 1.02 bits per heavy atom. The molecular formula is C37H48O10. The van der Waals surface area contributed by atoms with Crippen molar-refractivity contribution >= 4 is 0 Å². The zero-order valence-electron chi connectivity index (χ0n) is 27.7. The van der Waals surface area contributed by atoms with Crippen molar-refractivity contribution in [3.8, 4) is 0 Å². The Hall–Kier alpha value is -2.74. The number of ether oxygens (including phenoxy) is 10. The minimum absolute atomic E-state index is 0.147. The molecule has 2 heterocycles. The molecule has 0 amide bonds. The molecule has 0 aromatic heterocycles. The van der Waals surface area contributed by atoms with Crippen LogP contribution < -0.4 is 0 Å². The smallest absolute Gasteiger partial charge is 0.186 e. The molecule has 10 nitrogen and oxygen atoms in total. The van der Waals surface area contributed by atoms with Gasteiger partial charge in [0.15, 0.2) is 12.6 Å². The summed E-state index contributed by atoms with van der Waals surface area (Å²) >= 11 is 0. The Kier molecular flexibility index (Phi) is 14.2. The van der Waals surface area contributed by atoms with E-state index in [1.54, 1.807) is 28.4 Å². The Morgan fingerprint density at radius 3 is 1.51 bits per heavy atom. The lowest BCUT2D eigenvalue weighted by atomic mass is 9.97. The van der Waals surface area contributed by atoms with Crippen molar-refractivity contribution in [3.05, 3.63) is 108 Å². The van der Waals surface area contributed by atoms with E-state index in [9.17, 15) is 0 Å². The maximum atomic E-state index is 6.69. The van der Waals surface area contributed by atoms with Gasteiger partial charge in [-0.25, -0.2) is 0 Å². The standard InChI is InChI=1S/C37H48O10/c1-38-24-30-33(40-3)29(39-2)20-32(46-30)42-25-31-34(43-21-26-14-8-5-9-15-26)35(44-22-27-16-10-6-11-17-27)36(37(41-4)47-31)45-23-28-18-12-7-13-19-28/h5-19,29-37H,20-25H2,1-4H3/t29-,30-,31-,32+,33+,34-,35+,36-,37+/m1/s1. The number of benzene rings is 3. The molecule has 2 fully saturated rings. The molecule has 2 aliphatic rings. The number of hydrogen-bond donors (Lipinski definition) is 0. The van der Waals surface area contributed by atoms with Gasteiger partial charge in [0.2, 0.25) is 0 Å². The molecule has 5 rings (SSSR count). The molecular weight excluding hydrogens is 604 g/mol. The van der Waals surface area contributed by atoms with Crippen molar-refractivity contribution in [2.24, 2.45) is 0 Å². The van der Waals surface area contributed by atoms with Crippen LogP contribution in [0.4, 0.5) is 0 Å². The second-order valence-corrected chi connectivity index (χ2v) is 11.7. The average Bonchev–Trinajstić information content (AvgIpc) is 3.12. The van der Waals surface area contributed by atoms with Crippen molar-refractivity contribution < 1.29 is 47.4 Å². The third-order valence-electron chi connectivity index (χ3n) is 8.52. The highest BCUT2D eigenvalue weighted by atomic mass is 16.7. The van der Waals surface area contributed by atoms with Crippen molar-refractivity contribution in [2.45, 2.75) is 81.5 Å². The average molecular weight is 653 g/mol. The molecule has 0 bridgehead atoms. The fraction of sp³-hybridized carbons (Fsp3) is 0.514. The maximum absolute atomic E-state index is 6.69. The van der Waals surface area contributed by atoms with Crippen molar-refractivity contribution in [1.82, 2.24) is 0 Å². The molecule has 0 saturated carbocycles. The van der Waals surface area contributed by atoms with Gasteiger partial charge in [-0.3, -0.25) is 0 Å². The number of rotatable bonds is 17. The summed E-state index contributed by atoms with van der Waals surface area (Å²) in [6.07, 6.45) is -4.06. The van der Waals surface area contributed by atoms with Crippen LogP contribution in [0.1, 0.15) is 23.1 Å². The number of methoxy groups -OCH3 is 4. The molecule has 0 N–H and O–H groups in total. The first-order valence-corrected chi connectivity index (χ1v) is 16.1. The Balaban J connectivity index is 1.39. The van der Waals surface area contributed by atoms with E-state index >= 15 is 0 Å². The summed E-state index contributed by atoms with van der Waals surface area (Å²) in [5, 5.41) is 0. The zero-order valence-corrected chi connectivity index (χ0v) is 27.7. The summed E-state index contributed by atoms with van der Waals surface area (Å²) in [4.78, 5) is 0. The lowest BCUT2D eigenvalue weighted by Gasteiger charge is -2.46. The van der Waals surface area contributed by atoms with Gasteiger partial charge in [0.25, 0.3) is 0 Å². The van der Waals surface area contributed by atoms with E-state index in [1.807, 2.05) is 91.0 Å². The van der Waals surface area contributed by atoms with Gasteiger partial charge in [0, 0.05) is 34.9 Å². The quantitative estimate of drug-likeness (QED) is 0.200. The first-order chi connectivity index (χ1) is 23.1. The second-order valence-electron chi connectivity index (χ2n) is 11.7. The summed E-state index contributed by atoms with van der Waals surface area (Å²) in [7, 11) is 6.54. The van der Waals surface area contributed by atoms with Gasteiger partial charge in [-0.2, -0.15) is 0 Å². The van der Waals surface area contributed by atoms with Gasteiger partial charge in [-0.1, -0.05) is 91.0 Å². The van der Waals surface area contributed by atoms with Gasteiger partial charge >= 0.3 is 0 Å². The largest absolute Gasteiger partial charge is 0.382 e. The molecule has 2 saturated heterocycles. The molecule has 0 unspecified atom stereocenters. The van der Waals surface area contributed by atoms with E-state index < -0.39 is 37.0 Å². The van der Waals surface area contributed by atoms with E-state index in [4.69, 9.17) is 47.4 Å². The van der Waals surface area contributed by atoms with Crippen molar-refractivity contribution in [2.75, 3.05) is 41.7 Å². The maximum Gasteiger partial charge on any atom is 0.186 e. The predicted octanol–water partition coefficient (Wildman–Crippen LogP) is 4.92. The summed E-state index contributed by atoms with van der Waals surface area (Å²) in [5.74, 6) is 0. The zero-order chi connectivity index (χ0) is 32.8. The minimum Gasteiger partial charge on any atom is -0.382 e. The van der Waals surface area contributed by atoms with Crippen molar-refractivity contribution in [3.63, 3.8) is 0 Å². The van der Waals surface area contributed by atoms with Gasteiger partial charge in [-0.05, 0) is 16.7 Å². The van der Waals surface area contributed by atoms with Gasteiger partial charge in [0.1, 0.15) is 36.6 Å². The molecule has 9 atom stereocenters. The van der Waals surface area contributed by atoms with Crippen LogP contribution >= 0.6 is 0 Å². The van der Waals surface area contributed by atoms with Crippen molar-refractivity contribution in [1.29, 1.82) is 0 Å². The summed E-state index contributed by atoms with van der Waals surface area (Å²) < 4.78 is 61.9. The molecule has 47 heavy (non-hydrogen) atoms. The fourth-order valence-corrected chi connectivity index (χ4v) is 6.10. The van der Waals surface area contributed by atoms with Gasteiger partial charge in [0.05, 0.1) is 39.1 Å². The van der Waals surface area contributed by atoms with E-state index in [2.05, 4.69) is 0 Å². The molecule has 10 heteroatoms. The van der Waals surface area contributed by atoms with Crippen LogP contribution in [0.3, 0.4) is 0 Å². The van der Waals surface area contributed by atoms with Crippen LogP contribution in [0.5, 0.6) is 0 Å². The fourth-order valence-electron chi connectivity index (χ4n) is 6.10. The van der Waals surface area contributed by atoms with E-state index in [0.29, 0.717) is 32.8 Å². The van der Waals surface area contributed by atoms with Crippen LogP contribution in [0.2, 0.25) is 0 Å². The first kappa shape index (κ1) is 35.6. The number of hydrogen-bond acceptors (Lipinski definition) is 10.